The summed E-state index contributed by atoms with van der Waals surface area (Å²) in [7, 11) is 0. The Morgan fingerprint density at radius 3 is 2.85 bits per heavy atom. The number of nitrogens with zero attached hydrogens (tertiary/aromatic N) is 2. The summed E-state index contributed by atoms with van der Waals surface area (Å²) < 4.78 is 2.11. The van der Waals surface area contributed by atoms with E-state index in [2.05, 4.69) is 16.5 Å². The van der Waals surface area contributed by atoms with Gasteiger partial charge in [-0.2, -0.15) is 0 Å². The number of carboxylic acids is 1. The number of imidazole rings is 1. The molecule has 104 valence electrons. The Balaban J connectivity index is 1.99. The Bertz CT molecular complexity index is 631. The smallest absolute Gasteiger partial charge is 0.356 e. The minimum atomic E-state index is -0.915. The molecule has 1 N–H and O–H groups in total. The zero-order valence-electron chi connectivity index (χ0n) is 11.5. The van der Waals surface area contributed by atoms with Crippen molar-refractivity contribution in [3.8, 4) is 0 Å². The van der Waals surface area contributed by atoms with Gasteiger partial charge >= 0.3 is 5.97 Å². The Kier molecular flexibility index (Phi) is 3.30. The third-order valence-corrected chi connectivity index (χ3v) is 3.95. The molecule has 2 heterocycles. The van der Waals surface area contributed by atoms with Gasteiger partial charge in [0.25, 0.3) is 0 Å². The van der Waals surface area contributed by atoms with Gasteiger partial charge in [-0.25, -0.2) is 9.78 Å². The minimum absolute atomic E-state index is 0.238. The van der Waals surface area contributed by atoms with E-state index in [9.17, 15) is 9.90 Å². The Morgan fingerprint density at radius 2 is 2.15 bits per heavy atom. The summed E-state index contributed by atoms with van der Waals surface area (Å²) in [5.74, 6) is 0.486. The molecule has 1 unspecified atom stereocenters. The van der Waals surface area contributed by atoms with Crippen LogP contribution < -0.4 is 0 Å². The van der Waals surface area contributed by atoms with Crippen LogP contribution in [-0.2, 0) is 19.4 Å². The molecule has 20 heavy (non-hydrogen) atoms. The molecule has 0 spiro atoms. The molecule has 1 aliphatic rings. The van der Waals surface area contributed by atoms with E-state index in [1.165, 1.54) is 0 Å². The molecule has 1 aromatic heterocycles. The average Bonchev–Trinajstić information content (AvgIpc) is 2.78. The number of carbonyl (C=O) groups is 1. The molecule has 1 aromatic carbocycles. The summed E-state index contributed by atoms with van der Waals surface area (Å²) >= 11 is 0. The lowest BCUT2D eigenvalue weighted by Crippen LogP contribution is -2.20. The molecule has 1 atom stereocenters. The van der Waals surface area contributed by atoms with Gasteiger partial charge in [0.2, 0.25) is 0 Å². The molecule has 0 fully saturated rings. The standard InChI is InChI=1S/C16H18N2O2/c1-11-7-8-18-13(9-11)15(16(19)20)17-14(18)10-12-5-3-2-4-6-12/h2-6,11H,7-10H2,1H3,(H,19,20). The summed E-state index contributed by atoms with van der Waals surface area (Å²) in [5, 5.41) is 9.33. The third kappa shape index (κ3) is 2.33. The number of fused-ring (bicyclic) bond motifs is 1. The second-order valence-electron chi connectivity index (χ2n) is 5.54. The number of carboxylic acid groups (broad SMARTS) is 1. The molecule has 0 aliphatic carbocycles. The lowest BCUT2D eigenvalue weighted by atomic mass is 9.97. The van der Waals surface area contributed by atoms with E-state index in [4.69, 9.17) is 0 Å². The molecule has 1 aliphatic heterocycles. The third-order valence-electron chi connectivity index (χ3n) is 3.95. The second kappa shape index (κ2) is 5.12. The maximum Gasteiger partial charge on any atom is 0.356 e. The molecule has 2 aromatic rings. The van der Waals surface area contributed by atoms with E-state index in [0.717, 1.165) is 36.5 Å². The lowest BCUT2D eigenvalue weighted by molar-refractivity contribution is 0.0689. The van der Waals surface area contributed by atoms with Crippen molar-refractivity contribution in [2.75, 3.05) is 0 Å². The van der Waals surface area contributed by atoms with Crippen LogP contribution in [0.25, 0.3) is 0 Å². The maximum atomic E-state index is 11.4. The summed E-state index contributed by atoms with van der Waals surface area (Å²) in [6.07, 6.45) is 2.59. The lowest BCUT2D eigenvalue weighted by Gasteiger charge is -2.22. The van der Waals surface area contributed by atoms with Crippen molar-refractivity contribution >= 4 is 5.97 Å². The number of aromatic nitrogens is 2. The normalized spacial score (nSPS) is 17.8. The predicted molar refractivity (Wildman–Crippen MR) is 75.9 cm³/mol. The first-order valence-electron chi connectivity index (χ1n) is 7.00. The molecule has 3 rings (SSSR count). The van der Waals surface area contributed by atoms with E-state index < -0.39 is 5.97 Å². The van der Waals surface area contributed by atoms with E-state index in [1.54, 1.807) is 0 Å². The number of aromatic carboxylic acids is 1. The number of hydrogen-bond acceptors (Lipinski definition) is 2. The largest absolute Gasteiger partial charge is 0.476 e. The van der Waals surface area contributed by atoms with Crippen molar-refractivity contribution < 1.29 is 9.90 Å². The van der Waals surface area contributed by atoms with Gasteiger partial charge in [-0.15, -0.1) is 0 Å². The highest BCUT2D eigenvalue weighted by Crippen LogP contribution is 2.25. The van der Waals surface area contributed by atoms with E-state index in [0.29, 0.717) is 12.3 Å². The van der Waals surface area contributed by atoms with Crippen LogP contribution in [0.4, 0.5) is 0 Å². The highest BCUT2D eigenvalue weighted by molar-refractivity contribution is 5.87. The number of hydrogen-bond donors (Lipinski definition) is 1. The van der Waals surface area contributed by atoms with Crippen LogP contribution in [0.5, 0.6) is 0 Å². The quantitative estimate of drug-likeness (QED) is 0.933. The van der Waals surface area contributed by atoms with Crippen molar-refractivity contribution in [1.82, 2.24) is 9.55 Å². The monoisotopic (exact) mass is 270 g/mol. The van der Waals surface area contributed by atoms with E-state index in [-0.39, 0.29) is 5.69 Å². The maximum absolute atomic E-state index is 11.4. The summed E-state index contributed by atoms with van der Waals surface area (Å²) in [6, 6.07) is 10.1. The molecule has 4 nitrogen and oxygen atoms in total. The van der Waals surface area contributed by atoms with Crippen molar-refractivity contribution in [1.29, 1.82) is 0 Å². The predicted octanol–water partition coefficient (Wildman–Crippen LogP) is 2.75. The first-order chi connectivity index (χ1) is 9.65. The Morgan fingerprint density at radius 1 is 1.40 bits per heavy atom. The van der Waals surface area contributed by atoms with Crippen LogP contribution in [0.2, 0.25) is 0 Å². The molecule has 0 radical (unpaired) electrons. The molecule has 0 saturated carbocycles. The first kappa shape index (κ1) is 12.9. The second-order valence-corrected chi connectivity index (χ2v) is 5.54. The number of rotatable bonds is 3. The van der Waals surface area contributed by atoms with Crippen LogP contribution >= 0.6 is 0 Å². The fourth-order valence-electron chi connectivity index (χ4n) is 2.87. The van der Waals surface area contributed by atoms with Gasteiger partial charge in [0.1, 0.15) is 5.82 Å². The Hall–Kier alpha value is -2.10. The van der Waals surface area contributed by atoms with Crippen LogP contribution in [0, 0.1) is 5.92 Å². The average molecular weight is 270 g/mol. The van der Waals surface area contributed by atoms with Crippen LogP contribution in [0.3, 0.4) is 0 Å². The van der Waals surface area contributed by atoms with Gasteiger partial charge in [-0.05, 0) is 24.3 Å². The summed E-state index contributed by atoms with van der Waals surface area (Å²) in [5.41, 5.74) is 2.29. The highest BCUT2D eigenvalue weighted by atomic mass is 16.4. The van der Waals surface area contributed by atoms with Gasteiger partial charge in [-0.1, -0.05) is 37.3 Å². The summed E-state index contributed by atoms with van der Waals surface area (Å²) in [4.78, 5) is 15.8. The van der Waals surface area contributed by atoms with Gasteiger partial charge in [0.15, 0.2) is 5.69 Å². The fourth-order valence-corrected chi connectivity index (χ4v) is 2.87. The van der Waals surface area contributed by atoms with Crippen LogP contribution in [-0.4, -0.2) is 20.6 Å². The topological polar surface area (TPSA) is 55.1 Å². The van der Waals surface area contributed by atoms with Crippen molar-refractivity contribution in [3.05, 3.63) is 53.1 Å². The van der Waals surface area contributed by atoms with Gasteiger partial charge in [0, 0.05) is 13.0 Å². The molecular formula is C16H18N2O2. The SMILES string of the molecule is CC1CCn2c(Cc3ccccc3)nc(C(=O)O)c2C1. The molecule has 0 saturated heterocycles. The molecule has 4 heteroatoms. The zero-order valence-corrected chi connectivity index (χ0v) is 11.5. The van der Waals surface area contributed by atoms with Crippen molar-refractivity contribution in [2.24, 2.45) is 5.92 Å². The number of benzene rings is 1. The van der Waals surface area contributed by atoms with Crippen LogP contribution in [0.15, 0.2) is 30.3 Å². The first-order valence-corrected chi connectivity index (χ1v) is 7.00. The van der Waals surface area contributed by atoms with Gasteiger partial charge < -0.3 is 9.67 Å². The Labute approximate surface area is 118 Å². The molecular weight excluding hydrogens is 252 g/mol. The molecule has 0 bridgehead atoms. The van der Waals surface area contributed by atoms with E-state index in [1.807, 2.05) is 30.3 Å². The zero-order chi connectivity index (χ0) is 14.1. The van der Waals surface area contributed by atoms with Crippen molar-refractivity contribution in [3.63, 3.8) is 0 Å². The van der Waals surface area contributed by atoms with Crippen molar-refractivity contribution in [2.45, 2.75) is 32.7 Å². The van der Waals surface area contributed by atoms with Gasteiger partial charge in [-0.3, -0.25) is 0 Å². The van der Waals surface area contributed by atoms with Crippen LogP contribution in [0.1, 0.15) is 40.9 Å². The summed E-state index contributed by atoms with van der Waals surface area (Å²) in [6.45, 7) is 3.04. The molecule has 0 amide bonds. The highest BCUT2D eigenvalue weighted by Gasteiger charge is 2.26. The minimum Gasteiger partial charge on any atom is -0.476 e. The van der Waals surface area contributed by atoms with E-state index >= 15 is 0 Å². The van der Waals surface area contributed by atoms with Gasteiger partial charge in [0.05, 0.1) is 5.69 Å². The fraction of sp³-hybridized carbons (Fsp3) is 0.375.